The maximum atomic E-state index is 9.85. The molecular weight excluding hydrogens is 328 g/mol. The lowest BCUT2D eigenvalue weighted by atomic mass is 9.72. The minimum absolute atomic E-state index is 0.170. The molecule has 6 heteroatoms. The van der Waals surface area contributed by atoms with Crippen LogP contribution in [0.1, 0.15) is 24.3 Å². The molecular formula is C20H24N4O2. The lowest BCUT2D eigenvalue weighted by molar-refractivity contribution is 0.0703. The number of aryl methyl sites for hydroxylation is 1. The summed E-state index contributed by atoms with van der Waals surface area (Å²) in [6.07, 6.45) is 10.1. The largest absolute Gasteiger partial charge is 0.396 e. The molecule has 0 radical (unpaired) electrons. The van der Waals surface area contributed by atoms with E-state index in [-0.39, 0.29) is 25.0 Å². The van der Waals surface area contributed by atoms with E-state index in [4.69, 9.17) is 0 Å². The molecule has 0 aromatic carbocycles. The Bertz CT molecular complexity index is 946. The smallest absolute Gasteiger partial charge is 0.137 e. The van der Waals surface area contributed by atoms with Crippen molar-refractivity contribution in [2.75, 3.05) is 13.2 Å². The fraction of sp³-hybridized carbons (Fsp3) is 0.500. The van der Waals surface area contributed by atoms with Crippen molar-refractivity contribution >= 4 is 11.0 Å². The number of rotatable bonds is 4. The fourth-order valence-corrected chi connectivity index (χ4v) is 5.56. The number of hydrogen-bond donors (Lipinski definition) is 3. The Morgan fingerprint density at radius 3 is 2.77 bits per heavy atom. The predicted octanol–water partition coefficient (Wildman–Crippen LogP) is 2.30. The number of aliphatic hydroxyl groups is 2. The molecule has 3 aromatic heterocycles. The van der Waals surface area contributed by atoms with E-state index in [0.29, 0.717) is 17.8 Å². The van der Waals surface area contributed by atoms with Gasteiger partial charge in [0, 0.05) is 55.4 Å². The van der Waals surface area contributed by atoms with Gasteiger partial charge in [-0.2, -0.15) is 5.10 Å². The molecule has 5 unspecified atom stereocenters. The topological polar surface area (TPSA) is 87.0 Å². The molecule has 2 aliphatic carbocycles. The van der Waals surface area contributed by atoms with Crippen molar-refractivity contribution in [2.24, 2.45) is 30.7 Å². The maximum absolute atomic E-state index is 9.85. The molecule has 0 amide bonds. The number of aromatic amines is 1. The Kier molecular flexibility index (Phi) is 3.65. The van der Waals surface area contributed by atoms with Gasteiger partial charge >= 0.3 is 0 Å². The zero-order valence-electron chi connectivity index (χ0n) is 14.8. The SMILES string of the molecule is Cn1cc(-c2c[nH]c3ncc(C4CC5CC4C(CO)C5CO)cc23)cn1. The summed E-state index contributed by atoms with van der Waals surface area (Å²) in [5.74, 6) is 1.86. The van der Waals surface area contributed by atoms with Gasteiger partial charge in [-0.25, -0.2) is 4.98 Å². The van der Waals surface area contributed by atoms with Gasteiger partial charge in [0.1, 0.15) is 5.65 Å². The van der Waals surface area contributed by atoms with Crippen molar-refractivity contribution in [3.63, 3.8) is 0 Å². The third-order valence-corrected chi connectivity index (χ3v) is 6.77. The van der Waals surface area contributed by atoms with Crippen LogP contribution in [-0.2, 0) is 7.05 Å². The van der Waals surface area contributed by atoms with E-state index >= 15 is 0 Å². The van der Waals surface area contributed by atoms with Crippen LogP contribution < -0.4 is 0 Å². The maximum Gasteiger partial charge on any atom is 0.137 e. The van der Waals surface area contributed by atoms with Crippen molar-refractivity contribution < 1.29 is 10.2 Å². The van der Waals surface area contributed by atoms with Crippen LogP contribution in [-0.4, -0.2) is 43.2 Å². The van der Waals surface area contributed by atoms with Crippen molar-refractivity contribution in [3.05, 3.63) is 36.4 Å². The van der Waals surface area contributed by atoms with Gasteiger partial charge in [0.15, 0.2) is 0 Å². The molecule has 5 rings (SSSR count). The van der Waals surface area contributed by atoms with Crippen molar-refractivity contribution in [1.82, 2.24) is 19.7 Å². The first-order valence-corrected chi connectivity index (χ1v) is 9.37. The highest BCUT2D eigenvalue weighted by Gasteiger charge is 2.52. The Labute approximate surface area is 151 Å². The number of H-pyrrole nitrogens is 1. The van der Waals surface area contributed by atoms with E-state index in [1.807, 2.05) is 36.5 Å². The van der Waals surface area contributed by atoms with E-state index in [0.717, 1.165) is 35.0 Å². The standard InChI is InChI=1S/C20H24N4O2/c1-24-8-13(6-23-24)17-7-22-20-16(17)4-12(5-21-20)14-2-11-3-15(14)19(10-26)18(11)9-25/h4-8,11,14-15,18-19,25-26H,2-3,9-10H2,1H3,(H,21,22). The molecule has 0 spiro atoms. The van der Waals surface area contributed by atoms with Gasteiger partial charge in [0.2, 0.25) is 0 Å². The second-order valence-corrected chi connectivity index (χ2v) is 7.96. The Morgan fingerprint density at radius 1 is 1.19 bits per heavy atom. The normalized spacial score (nSPS) is 30.5. The number of aliphatic hydroxyl groups excluding tert-OH is 2. The number of fused-ring (bicyclic) bond motifs is 3. The highest BCUT2D eigenvalue weighted by atomic mass is 16.3. The monoisotopic (exact) mass is 352 g/mol. The summed E-state index contributed by atoms with van der Waals surface area (Å²) in [7, 11) is 1.92. The zero-order valence-corrected chi connectivity index (χ0v) is 14.8. The van der Waals surface area contributed by atoms with Crippen LogP contribution in [0.15, 0.2) is 30.9 Å². The summed E-state index contributed by atoms with van der Waals surface area (Å²) >= 11 is 0. The Morgan fingerprint density at radius 2 is 2.04 bits per heavy atom. The molecule has 3 N–H and O–H groups in total. The quantitative estimate of drug-likeness (QED) is 0.672. The van der Waals surface area contributed by atoms with E-state index in [1.54, 1.807) is 0 Å². The molecule has 2 saturated carbocycles. The van der Waals surface area contributed by atoms with E-state index < -0.39 is 0 Å². The summed E-state index contributed by atoms with van der Waals surface area (Å²) in [6.45, 7) is 0.364. The summed E-state index contributed by atoms with van der Waals surface area (Å²) < 4.78 is 1.81. The average Bonchev–Trinajstić information content (AvgIpc) is 3.41. The minimum atomic E-state index is 0.170. The summed E-state index contributed by atoms with van der Waals surface area (Å²) in [4.78, 5) is 7.92. The third kappa shape index (κ3) is 2.25. The molecule has 0 saturated heterocycles. The number of nitrogens with zero attached hydrogens (tertiary/aromatic N) is 3. The van der Waals surface area contributed by atoms with E-state index in [2.05, 4.69) is 21.1 Å². The van der Waals surface area contributed by atoms with Gasteiger partial charge in [-0.1, -0.05) is 0 Å². The Hall–Kier alpha value is -2.18. The van der Waals surface area contributed by atoms with Crippen molar-refractivity contribution in [2.45, 2.75) is 18.8 Å². The molecule has 3 aromatic rings. The number of nitrogens with one attached hydrogen (secondary N) is 1. The third-order valence-electron chi connectivity index (χ3n) is 6.77. The second kappa shape index (κ2) is 5.93. The molecule has 5 atom stereocenters. The van der Waals surface area contributed by atoms with Crippen molar-refractivity contribution in [3.8, 4) is 11.1 Å². The molecule has 2 bridgehead atoms. The van der Waals surface area contributed by atoms with Gasteiger partial charge < -0.3 is 15.2 Å². The van der Waals surface area contributed by atoms with Crippen molar-refractivity contribution in [1.29, 1.82) is 0 Å². The van der Waals surface area contributed by atoms with Gasteiger partial charge in [-0.05, 0) is 54.1 Å². The van der Waals surface area contributed by atoms with Crippen LogP contribution >= 0.6 is 0 Å². The number of aromatic nitrogens is 4. The zero-order chi connectivity index (χ0) is 17.8. The second-order valence-electron chi connectivity index (χ2n) is 7.96. The lowest BCUT2D eigenvalue weighted by Crippen LogP contribution is -2.31. The average molecular weight is 352 g/mol. The predicted molar refractivity (Wildman–Crippen MR) is 98.4 cm³/mol. The highest BCUT2D eigenvalue weighted by molar-refractivity contribution is 5.93. The first-order valence-electron chi connectivity index (χ1n) is 9.37. The summed E-state index contributed by atoms with van der Waals surface area (Å²) in [5, 5.41) is 24.9. The highest BCUT2D eigenvalue weighted by Crippen LogP contribution is 2.58. The first kappa shape index (κ1) is 16.0. The van der Waals surface area contributed by atoms with Crippen LogP contribution in [0.25, 0.3) is 22.2 Å². The molecule has 136 valence electrons. The summed E-state index contributed by atoms with van der Waals surface area (Å²) in [5.41, 5.74) is 4.35. The molecule has 2 aliphatic rings. The number of pyridine rings is 1. The summed E-state index contributed by atoms with van der Waals surface area (Å²) in [6, 6.07) is 2.26. The van der Waals surface area contributed by atoms with Gasteiger partial charge in [-0.15, -0.1) is 0 Å². The first-order chi connectivity index (χ1) is 12.7. The fourth-order valence-electron chi connectivity index (χ4n) is 5.56. The van der Waals surface area contributed by atoms with Crippen LogP contribution in [0.2, 0.25) is 0 Å². The van der Waals surface area contributed by atoms with Gasteiger partial charge in [0.05, 0.1) is 6.20 Å². The molecule has 0 aliphatic heterocycles. The molecule has 6 nitrogen and oxygen atoms in total. The molecule has 26 heavy (non-hydrogen) atoms. The van der Waals surface area contributed by atoms with Gasteiger partial charge in [0.25, 0.3) is 0 Å². The minimum Gasteiger partial charge on any atom is -0.396 e. The van der Waals surface area contributed by atoms with Crippen LogP contribution in [0.5, 0.6) is 0 Å². The van der Waals surface area contributed by atoms with Crippen LogP contribution in [0.3, 0.4) is 0 Å². The molecule has 2 fully saturated rings. The number of hydrogen-bond acceptors (Lipinski definition) is 4. The van der Waals surface area contributed by atoms with Gasteiger partial charge in [-0.3, -0.25) is 4.68 Å². The Balaban J connectivity index is 1.53. The lowest BCUT2D eigenvalue weighted by Gasteiger charge is -2.34. The van der Waals surface area contributed by atoms with E-state index in [9.17, 15) is 10.2 Å². The molecule has 3 heterocycles. The van der Waals surface area contributed by atoms with Crippen LogP contribution in [0, 0.1) is 23.7 Å². The van der Waals surface area contributed by atoms with E-state index in [1.165, 1.54) is 5.56 Å². The van der Waals surface area contributed by atoms with Crippen LogP contribution in [0.4, 0.5) is 0 Å².